The highest BCUT2D eigenvalue weighted by molar-refractivity contribution is 5.98. The van der Waals surface area contributed by atoms with Gasteiger partial charge in [-0.05, 0) is 45.9 Å². The minimum Gasteiger partial charge on any atom is -0.383 e. The van der Waals surface area contributed by atoms with Gasteiger partial charge in [-0.15, -0.1) is 0 Å². The maximum Gasteiger partial charge on any atom is 0.177 e. The first-order chi connectivity index (χ1) is 12.1. The van der Waals surface area contributed by atoms with Gasteiger partial charge in [-0.2, -0.15) is 0 Å². The predicted molar refractivity (Wildman–Crippen MR) is 108 cm³/mol. The van der Waals surface area contributed by atoms with E-state index in [4.69, 9.17) is 4.74 Å². The van der Waals surface area contributed by atoms with Crippen LogP contribution in [0.1, 0.15) is 54.9 Å². The van der Waals surface area contributed by atoms with Crippen molar-refractivity contribution in [1.82, 2.24) is 9.80 Å². The zero-order valence-electron chi connectivity index (χ0n) is 18.2. The van der Waals surface area contributed by atoms with Crippen molar-refractivity contribution in [1.29, 1.82) is 0 Å². The summed E-state index contributed by atoms with van der Waals surface area (Å²) in [4.78, 5) is 29.2. The van der Waals surface area contributed by atoms with Gasteiger partial charge >= 0.3 is 0 Å². The number of nitrogens with zero attached hydrogens (tertiary/aromatic N) is 2. The maximum absolute atomic E-state index is 12.5. The van der Waals surface area contributed by atoms with E-state index < -0.39 is 0 Å². The molecule has 0 aliphatic heterocycles. The van der Waals surface area contributed by atoms with Gasteiger partial charge in [0.25, 0.3) is 0 Å². The lowest BCUT2D eigenvalue weighted by Crippen LogP contribution is -2.49. The summed E-state index contributed by atoms with van der Waals surface area (Å²) >= 11 is 0. The number of carbonyl (C=O) groups is 2. The normalized spacial score (nSPS) is 15.3. The smallest absolute Gasteiger partial charge is 0.177 e. The Morgan fingerprint density at radius 3 is 2.04 bits per heavy atom. The molecule has 0 saturated carbocycles. The Morgan fingerprint density at radius 2 is 1.65 bits per heavy atom. The second kappa shape index (κ2) is 12.4. The molecule has 3 unspecified atom stereocenters. The van der Waals surface area contributed by atoms with Crippen LogP contribution in [0.2, 0.25) is 0 Å². The first-order valence-corrected chi connectivity index (χ1v) is 9.84. The van der Waals surface area contributed by atoms with Gasteiger partial charge < -0.3 is 4.74 Å². The van der Waals surface area contributed by atoms with Crippen molar-refractivity contribution in [2.45, 2.75) is 73.0 Å². The SMILES string of the molecule is C=C(C)C(=O)C(COC)N(CC)CCC(C)N(CC)C(C)C(=O)C(C)C. The third-order valence-electron chi connectivity index (χ3n) is 5.14. The van der Waals surface area contributed by atoms with E-state index in [0.717, 1.165) is 26.1 Å². The van der Waals surface area contributed by atoms with Crippen LogP contribution in [-0.4, -0.2) is 72.8 Å². The molecule has 0 heterocycles. The number of hydrogen-bond donors (Lipinski definition) is 0. The average molecular weight is 369 g/mol. The van der Waals surface area contributed by atoms with E-state index in [-0.39, 0.29) is 35.6 Å². The molecule has 0 rings (SSSR count). The number of rotatable bonds is 14. The lowest BCUT2D eigenvalue weighted by Gasteiger charge is -2.36. The molecule has 0 aliphatic rings. The second-order valence-electron chi connectivity index (χ2n) is 7.45. The molecule has 0 aromatic rings. The molecule has 0 spiro atoms. The van der Waals surface area contributed by atoms with Gasteiger partial charge in [0, 0.05) is 25.6 Å². The van der Waals surface area contributed by atoms with Crippen LogP contribution in [0.25, 0.3) is 0 Å². The highest BCUT2D eigenvalue weighted by Crippen LogP contribution is 2.15. The van der Waals surface area contributed by atoms with E-state index in [9.17, 15) is 9.59 Å². The van der Waals surface area contributed by atoms with Gasteiger partial charge in [0.1, 0.15) is 0 Å². The lowest BCUT2D eigenvalue weighted by atomic mass is 9.99. The van der Waals surface area contributed by atoms with Crippen molar-refractivity contribution in [2.75, 3.05) is 33.4 Å². The number of ether oxygens (including phenoxy) is 1. The van der Waals surface area contributed by atoms with Crippen molar-refractivity contribution in [2.24, 2.45) is 5.92 Å². The fraction of sp³-hybridized carbons (Fsp3) is 0.810. The molecule has 5 heteroatoms. The molecule has 3 atom stereocenters. The molecule has 5 nitrogen and oxygen atoms in total. The van der Waals surface area contributed by atoms with E-state index in [1.165, 1.54) is 0 Å². The van der Waals surface area contributed by atoms with E-state index in [1.807, 2.05) is 20.8 Å². The molecule has 152 valence electrons. The van der Waals surface area contributed by atoms with Crippen molar-refractivity contribution in [3.63, 3.8) is 0 Å². The number of likely N-dealkylation sites (N-methyl/N-ethyl adjacent to an activating group) is 2. The molecule has 0 saturated heterocycles. The van der Waals surface area contributed by atoms with Crippen molar-refractivity contribution < 1.29 is 14.3 Å². The Hall–Kier alpha value is -1.04. The van der Waals surface area contributed by atoms with Crippen LogP contribution in [0.4, 0.5) is 0 Å². The summed E-state index contributed by atoms with van der Waals surface area (Å²) in [6, 6.07) is -0.119. The summed E-state index contributed by atoms with van der Waals surface area (Å²) in [6.45, 7) is 20.5. The van der Waals surface area contributed by atoms with Gasteiger partial charge in [0.15, 0.2) is 11.6 Å². The first-order valence-electron chi connectivity index (χ1n) is 9.84. The topological polar surface area (TPSA) is 49.9 Å². The van der Waals surface area contributed by atoms with Crippen LogP contribution < -0.4 is 0 Å². The molecule has 0 aliphatic carbocycles. The molecular formula is C21H40N2O3. The van der Waals surface area contributed by atoms with E-state index in [2.05, 4.69) is 37.1 Å². The van der Waals surface area contributed by atoms with Crippen molar-refractivity contribution in [3.05, 3.63) is 12.2 Å². The molecule has 0 aromatic carbocycles. The van der Waals surface area contributed by atoms with Crippen LogP contribution >= 0.6 is 0 Å². The zero-order chi connectivity index (χ0) is 20.4. The third-order valence-corrected chi connectivity index (χ3v) is 5.14. The van der Waals surface area contributed by atoms with Crippen molar-refractivity contribution >= 4 is 11.6 Å². The molecule has 0 amide bonds. The summed E-state index contributed by atoms with van der Waals surface area (Å²) in [5.41, 5.74) is 0.560. The highest BCUT2D eigenvalue weighted by atomic mass is 16.5. The largest absolute Gasteiger partial charge is 0.383 e. The van der Waals surface area contributed by atoms with Gasteiger partial charge in [-0.25, -0.2) is 0 Å². The quantitative estimate of drug-likeness (QED) is 0.441. The summed E-state index contributed by atoms with van der Waals surface area (Å²) in [7, 11) is 1.62. The highest BCUT2D eigenvalue weighted by Gasteiger charge is 2.28. The molecule has 0 aromatic heterocycles. The zero-order valence-corrected chi connectivity index (χ0v) is 18.2. The fourth-order valence-electron chi connectivity index (χ4n) is 3.46. The molecule has 26 heavy (non-hydrogen) atoms. The van der Waals surface area contributed by atoms with Gasteiger partial charge in [0.2, 0.25) is 0 Å². The molecule has 0 bridgehead atoms. The van der Waals surface area contributed by atoms with E-state index in [1.54, 1.807) is 14.0 Å². The van der Waals surface area contributed by atoms with Gasteiger partial charge in [-0.1, -0.05) is 34.3 Å². The molecular weight excluding hydrogens is 328 g/mol. The van der Waals surface area contributed by atoms with Crippen LogP contribution in [0.15, 0.2) is 12.2 Å². The van der Waals surface area contributed by atoms with Crippen LogP contribution in [0, 0.1) is 5.92 Å². The number of methoxy groups -OCH3 is 1. The van der Waals surface area contributed by atoms with E-state index in [0.29, 0.717) is 12.2 Å². The second-order valence-corrected chi connectivity index (χ2v) is 7.45. The average Bonchev–Trinajstić information content (AvgIpc) is 2.59. The Labute approximate surface area is 160 Å². The molecule has 0 N–H and O–H groups in total. The monoisotopic (exact) mass is 368 g/mol. The van der Waals surface area contributed by atoms with Crippen molar-refractivity contribution in [3.8, 4) is 0 Å². The van der Waals surface area contributed by atoms with E-state index >= 15 is 0 Å². The summed E-state index contributed by atoms with van der Waals surface area (Å²) < 4.78 is 5.27. The number of ketones is 2. The minimum atomic E-state index is -0.292. The Kier molecular flexibility index (Phi) is 11.9. The van der Waals surface area contributed by atoms with Crippen LogP contribution in [0.5, 0.6) is 0 Å². The van der Waals surface area contributed by atoms with Crippen LogP contribution in [-0.2, 0) is 14.3 Å². The number of Topliss-reactive ketones (excluding diaryl/α,β-unsaturated/α-hetero) is 2. The number of carbonyl (C=O) groups excluding carboxylic acids is 2. The lowest BCUT2D eigenvalue weighted by molar-refractivity contribution is -0.127. The fourth-order valence-corrected chi connectivity index (χ4v) is 3.46. The first kappa shape index (κ1) is 25.0. The summed E-state index contributed by atoms with van der Waals surface area (Å²) in [6.07, 6.45) is 0.890. The third kappa shape index (κ3) is 7.29. The molecule has 0 fully saturated rings. The maximum atomic E-state index is 12.5. The Balaban J connectivity index is 5.04. The summed E-state index contributed by atoms with van der Waals surface area (Å²) in [5, 5.41) is 0. The van der Waals surface area contributed by atoms with Gasteiger partial charge in [0.05, 0.1) is 18.7 Å². The van der Waals surface area contributed by atoms with Gasteiger partial charge in [-0.3, -0.25) is 19.4 Å². The molecule has 0 radical (unpaired) electrons. The Morgan fingerprint density at radius 1 is 1.08 bits per heavy atom. The Bertz CT molecular complexity index is 462. The summed E-state index contributed by atoms with van der Waals surface area (Å²) in [5.74, 6) is 0.357. The van der Waals surface area contributed by atoms with Crippen LogP contribution in [0.3, 0.4) is 0 Å². The predicted octanol–water partition coefficient (Wildman–Crippen LogP) is 3.18. The minimum absolute atomic E-state index is 0.0389. The standard InChI is InChI=1S/C21H40N2O3/c1-10-22(19(14-26-9)21(25)16(5)6)13-12-17(7)23(11-2)18(8)20(24)15(3)4/h15,17-19H,5,10-14H2,1-4,6-9H3. The number of hydrogen-bond acceptors (Lipinski definition) is 5.